The number of aryl methyl sites for hydroxylation is 1. The first-order chi connectivity index (χ1) is 9.91. The van der Waals surface area contributed by atoms with Crippen molar-refractivity contribution in [2.24, 2.45) is 0 Å². The smallest absolute Gasteiger partial charge is 0.337 e. The fraction of sp³-hybridized carbons (Fsp3) is 0.143. The number of para-hydroxylation sites is 1. The van der Waals surface area contributed by atoms with Crippen LogP contribution in [0.2, 0.25) is 0 Å². The van der Waals surface area contributed by atoms with Crippen LogP contribution in [0.25, 0.3) is 0 Å². The molecule has 3 N–H and O–H groups in total. The molecule has 1 aromatic heterocycles. The van der Waals surface area contributed by atoms with Gasteiger partial charge >= 0.3 is 5.97 Å². The number of nitrogens with one attached hydrogen (secondary N) is 2. The van der Waals surface area contributed by atoms with Crippen LogP contribution >= 0.6 is 0 Å². The van der Waals surface area contributed by atoms with Crippen molar-refractivity contribution < 1.29 is 14.7 Å². The van der Waals surface area contributed by atoms with Crippen LogP contribution < -0.4 is 10.9 Å². The molecule has 2 aromatic rings. The highest BCUT2D eigenvalue weighted by atomic mass is 16.4. The highest BCUT2D eigenvalue weighted by Gasteiger charge is 2.18. The van der Waals surface area contributed by atoms with Crippen molar-refractivity contribution in [3.8, 4) is 0 Å². The summed E-state index contributed by atoms with van der Waals surface area (Å²) in [6.07, 6.45) is 0. The Hall–Kier alpha value is -2.96. The molecule has 0 unspecified atom stereocenters. The van der Waals surface area contributed by atoms with E-state index in [0.29, 0.717) is 11.3 Å². The van der Waals surface area contributed by atoms with E-state index >= 15 is 0 Å². The number of carboxylic acids is 1. The van der Waals surface area contributed by atoms with Crippen LogP contribution in [0.3, 0.4) is 0 Å². The van der Waals surface area contributed by atoms with Gasteiger partial charge in [-0.25, -0.2) is 9.89 Å². The van der Waals surface area contributed by atoms with E-state index in [1.165, 1.54) is 12.1 Å². The van der Waals surface area contributed by atoms with Gasteiger partial charge in [0.25, 0.3) is 11.5 Å². The quantitative estimate of drug-likeness (QED) is 0.788. The molecule has 0 aliphatic rings. The maximum absolute atomic E-state index is 12.2. The van der Waals surface area contributed by atoms with E-state index < -0.39 is 17.4 Å². The molecule has 0 atom stereocenters. The number of H-pyrrole nitrogens is 1. The van der Waals surface area contributed by atoms with Crippen molar-refractivity contribution in [1.82, 2.24) is 10.2 Å². The molecule has 0 aliphatic carbocycles. The molecule has 7 nitrogen and oxygen atoms in total. The lowest BCUT2D eigenvalue weighted by Crippen LogP contribution is -2.27. The number of carboxylic acid groups (broad SMARTS) is 1. The second kappa shape index (κ2) is 5.58. The third-order valence-electron chi connectivity index (χ3n) is 3.10. The summed E-state index contributed by atoms with van der Waals surface area (Å²) in [5, 5.41) is 17.5. The zero-order valence-electron chi connectivity index (χ0n) is 11.4. The van der Waals surface area contributed by atoms with E-state index in [-0.39, 0.29) is 16.8 Å². The molecule has 1 heterocycles. The molecular weight excluding hydrogens is 274 g/mol. The molecule has 0 bridgehead atoms. The highest BCUT2D eigenvalue weighted by Crippen LogP contribution is 2.16. The van der Waals surface area contributed by atoms with Gasteiger partial charge in [0, 0.05) is 0 Å². The Balaban J connectivity index is 2.43. The third kappa shape index (κ3) is 2.81. The van der Waals surface area contributed by atoms with E-state index in [4.69, 9.17) is 5.11 Å². The Morgan fingerprint density at radius 3 is 2.57 bits per heavy atom. The zero-order chi connectivity index (χ0) is 15.6. The number of hydrogen-bond donors (Lipinski definition) is 3. The number of rotatable bonds is 3. The summed E-state index contributed by atoms with van der Waals surface area (Å²) in [6, 6.07) is 5.97. The first-order valence-corrected chi connectivity index (χ1v) is 6.11. The average molecular weight is 287 g/mol. The fourth-order valence-corrected chi connectivity index (χ4v) is 1.86. The van der Waals surface area contributed by atoms with Crippen LogP contribution in [0.15, 0.2) is 29.1 Å². The Morgan fingerprint density at radius 2 is 1.90 bits per heavy atom. The van der Waals surface area contributed by atoms with Crippen molar-refractivity contribution in [3.05, 3.63) is 57.0 Å². The number of aromatic amines is 1. The molecule has 1 aromatic carbocycles. The monoisotopic (exact) mass is 287 g/mol. The molecular formula is C14H13N3O4. The molecule has 0 saturated heterocycles. The minimum atomic E-state index is -1.16. The molecule has 2 rings (SSSR count). The largest absolute Gasteiger partial charge is 0.478 e. The number of aromatic carboxylic acids is 1. The van der Waals surface area contributed by atoms with Crippen LogP contribution in [-0.4, -0.2) is 27.2 Å². The zero-order valence-corrected chi connectivity index (χ0v) is 11.4. The van der Waals surface area contributed by atoms with Gasteiger partial charge in [0.15, 0.2) is 0 Å². The van der Waals surface area contributed by atoms with Gasteiger partial charge in [-0.3, -0.25) is 9.59 Å². The lowest BCUT2D eigenvalue weighted by atomic mass is 10.1. The lowest BCUT2D eigenvalue weighted by Gasteiger charge is -2.10. The number of nitrogens with zero attached hydrogens (tertiary/aromatic N) is 1. The standard InChI is InChI=1S/C14H13N3O4/c1-7-8(2)16-17-13(19)11(7)12(18)15-10-6-4-3-5-9(10)14(20)21/h3-6H,1-2H3,(H,15,18)(H,17,19)(H,20,21). The van der Waals surface area contributed by atoms with Crippen LogP contribution in [-0.2, 0) is 0 Å². The Kier molecular flexibility index (Phi) is 3.84. The number of aromatic nitrogens is 2. The molecule has 7 heteroatoms. The number of benzene rings is 1. The summed E-state index contributed by atoms with van der Waals surface area (Å²) in [4.78, 5) is 35.1. The predicted octanol–water partition coefficient (Wildman–Crippen LogP) is 1.34. The van der Waals surface area contributed by atoms with Crippen molar-refractivity contribution in [2.75, 3.05) is 5.32 Å². The van der Waals surface area contributed by atoms with Gasteiger partial charge in [-0.15, -0.1) is 0 Å². The van der Waals surface area contributed by atoms with E-state index in [0.717, 1.165) is 0 Å². The molecule has 21 heavy (non-hydrogen) atoms. The average Bonchev–Trinajstić information content (AvgIpc) is 2.43. The van der Waals surface area contributed by atoms with Gasteiger partial charge in [0.1, 0.15) is 5.56 Å². The maximum atomic E-state index is 12.2. The van der Waals surface area contributed by atoms with Gasteiger partial charge < -0.3 is 10.4 Å². The van der Waals surface area contributed by atoms with Crippen LogP contribution in [0.1, 0.15) is 32.0 Å². The third-order valence-corrected chi connectivity index (χ3v) is 3.10. The summed E-state index contributed by atoms with van der Waals surface area (Å²) in [5.41, 5.74) is 0.343. The molecule has 0 aliphatic heterocycles. The fourth-order valence-electron chi connectivity index (χ4n) is 1.86. The van der Waals surface area contributed by atoms with E-state index in [9.17, 15) is 14.4 Å². The van der Waals surface area contributed by atoms with Crippen molar-refractivity contribution >= 4 is 17.6 Å². The number of amides is 1. The molecule has 1 amide bonds. The predicted molar refractivity (Wildman–Crippen MR) is 75.7 cm³/mol. The Morgan fingerprint density at radius 1 is 1.24 bits per heavy atom. The molecule has 0 fully saturated rings. The first kappa shape index (κ1) is 14.4. The minimum Gasteiger partial charge on any atom is -0.478 e. The molecule has 0 saturated carbocycles. The number of hydrogen-bond acceptors (Lipinski definition) is 4. The summed E-state index contributed by atoms with van der Waals surface area (Å²) in [5.74, 6) is -1.84. The number of carbonyl (C=O) groups excluding carboxylic acids is 1. The van der Waals surface area contributed by atoms with Gasteiger partial charge in [-0.1, -0.05) is 12.1 Å². The Labute approximate surface area is 119 Å². The second-order valence-corrected chi connectivity index (χ2v) is 4.44. The molecule has 0 spiro atoms. The first-order valence-electron chi connectivity index (χ1n) is 6.11. The van der Waals surface area contributed by atoms with Crippen molar-refractivity contribution in [1.29, 1.82) is 0 Å². The van der Waals surface area contributed by atoms with Crippen molar-refractivity contribution in [3.63, 3.8) is 0 Å². The van der Waals surface area contributed by atoms with Gasteiger partial charge in [0.2, 0.25) is 0 Å². The van der Waals surface area contributed by atoms with Crippen LogP contribution in [0, 0.1) is 13.8 Å². The SMILES string of the molecule is Cc1n[nH]c(=O)c(C(=O)Nc2ccccc2C(=O)O)c1C. The maximum Gasteiger partial charge on any atom is 0.337 e. The summed E-state index contributed by atoms with van der Waals surface area (Å²) in [7, 11) is 0. The van der Waals surface area contributed by atoms with Gasteiger partial charge in [0.05, 0.1) is 16.9 Å². The number of carbonyl (C=O) groups is 2. The lowest BCUT2D eigenvalue weighted by molar-refractivity contribution is 0.0698. The minimum absolute atomic E-state index is 0.0503. The summed E-state index contributed by atoms with van der Waals surface area (Å²) >= 11 is 0. The van der Waals surface area contributed by atoms with Crippen LogP contribution in [0.4, 0.5) is 5.69 Å². The highest BCUT2D eigenvalue weighted by molar-refractivity contribution is 6.08. The molecule has 108 valence electrons. The second-order valence-electron chi connectivity index (χ2n) is 4.44. The van der Waals surface area contributed by atoms with Crippen molar-refractivity contribution in [2.45, 2.75) is 13.8 Å². The van der Waals surface area contributed by atoms with E-state index in [2.05, 4.69) is 15.5 Å². The van der Waals surface area contributed by atoms with Crippen LogP contribution in [0.5, 0.6) is 0 Å². The summed E-state index contributed by atoms with van der Waals surface area (Å²) in [6.45, 7) is 3.27. The summed E-state index contributed by atoms with van der Waals surface area (Å²) < 4.78 is 0. The number of anilines is 1. The van der Waals surface area contributed by atoms with E-state index in [1.807, 2.05) is 0 Å². The topological polar surface area (TPSA) is 112 Å². The Bertz CT molecular complexity index is 780. The van der Waals surface area contributed by atoms with Gasteiger partial charge in [-0.2, -0.15) is 5.10 Å². The van der Waals surface area contributed by atoms with E-state index in [1.54, 1.807) is 26.0 Å². The molecule has 0 radical (unpaired) electrons. The van der Waals surface area contributed by atoms with Gasteiger partial charge in [-0.05, 0) is 31.5 Å². The normalized spacial score (nSPS) is 10.2.